The lowest BCUT2D eigenvalue weighted by atomic mass is 9.97. The zero-order valence-corrected chi connectivity index (χ0v) is 7.47. The number of hydrogen-bond acceptors (Lipinski definition) is 1. The number of aliphatic carboxylic acids is 1. The summed E-state index contributed by atoms with van der Waals surface area (Å²) < 4.78 is 0. The summed E-state index contributed by atoms with van der Waals surface area (Å²) in [6, 6.07) is 0. The highest BCUT2D eigenvalue weighted by molar-refractivity contribution is 5.66. The van der Waals surface area contributed by atoms with Crippen molar-refractivity contribution >= 4 is 5.97 Å². The molecule has 0 spiro atoms. The third kappa shape index (κ3) is 5.89. The predicted octanol–water partition coefficient (Wildman–Crippen LogP) is 2.68. The predicted molar refractivity (Wildman–Crippen MR) is 45.6 cm³/mol. The summed E-state index contributed by atoms with van der Waals surface area (Å²) in [4.78, 5) is 10.2. The van der Waals surface area contributed by atoms with Gasteiger partial charge >= 0.3 is 5.97 Å². The molecule has 0 aliphatic heterocycles. The Bertz CT molecular complexity index is 106. The van der Waals surface area contributed by atoms with E-state index in [4.69, 9.17) is 5.11 Å². The van der Waals surface area contributed by atoms with E-state index in [0.29, 0.717) is 6.42 Å². The van der Waals surface area contributed by atoms with Crippen molar-refractivity contribution in [2.75, 3.05) is 0 Å². The molecule has 11 heavy (non-hydrogen) atoms. The second kappa shape index (κ2) is 6.20. The van der Waals surface area contributed by atoms with E-state index in [0.717, 1.165) is 18.8 Å². The molecule has 0 unspecified atom stereocenters. The molecule has 0 aliphatic carbocycles. The molecular weight excluding hydrogens is 140 g/mol. The fraction of sp³-hybridized carbons (Fsp3) is 0.889. The molecule has 0 aromatic heterocycles. The molecule has 0 radical (unpaired) electrons. The smallest absolute Gasteiger partial charge is 0.303 e. The Balaban J connectivity index is 3.28. The van der Waals surface area contributed by atoms with Crippen molar-refractivity contribution in [2.24, 2.45) is 5.92 Å². The van der Waals surface area contributed by atoms with Crippen LogP contribution in [0.4, 0.5) is 0 Å². The van der Waals surface area contributed by atoms with Gasteiger partial charge in [0.1, 0.15) is 0 Å². The molecule has 0 saturated heterocycles. The monoisotopic (exact) mass is 158 g/mol. The first-order valence-electron chi connectivity index (χ1n) is 4.42. The fourth-order valence-corrected chi connectivity index (χ4v) is 1.24. The maximum atomic E-state index is 10.2. The minimum absolute atomic E-state index is 0.330. The van der Waals surface area contributed by atoms with E-state index in [9.17, 15) is 4.79 Å². The van der Waals surface area contributed by atoms with Crippen molar-refractivity contribution < 1.29 is 9.90 Å². The summed E-state index contributed by atoms with van der Waals surface area (Å²) in [6.45, 7) is 4.32. The number of hydrogen-bond donors (Lipinski definition) is 1. The SMILES string of the molecule is CCC(CC)CCCC(=O)O. The molecule has 1 N–H and O–H groups in total. The van der Waals surface area contributed by atoms with E-state index in [1.54, 1.807) is 0 Å². The zero-order chi connectivity index (χ0) is 8.69. The number of carboxylic acids is 1. The van der Waals surface area contributed by atoms with Gasteiger partial charge < -0.3 is 5.11 Å². The Morgan fingerprint density at radius 3 is 2.27 bits per heavy atom. The first kappa shape index (κ1) is 10.5. The molecule has 0 aromatic rings. The Hall–Kier alpha value is -0.530. The van der Waals surface area contributed by atoms with Gasteiger partial charge in [0.15, 0.2) is 0 Å². The van der Waals surface area contributed by atoms with Crippen LogP contribution in [0.2, 0.25) is 0 Å². The third-order valence-electron chi connectivity index (χ3n) is 2.16. The summed E-state index contributed by atoms with van der Waals surface area (Å²) in [6.07, 6.45) is 4.59. The molecule has 0 atom stereocenters. The Morgan fingerprint density at radius 2 is 1.91 bits per heavy atom. The lowest BCUT2D eigenvalue weighted by Gasteiger charge is -2.09. The van der Waals surface area contributed by atoms with Gasteiger partial charge in [0.05, 0.1) is 0 Å². The summed E-state index contributed by atoms with van der Waals surface area (Å²) in [5.74, 6) is 0.0605. The molecule has 66 valence electrons. The maximum Gasteiger partial charge on any atom is 0.303 e. The van der Waals surface area contributed by atoms with Crippen LogP contribution in [0.3, 0.4) is 0 Å². The Morgan fingerprint density at radius 1 is 1.36 bits per heavy atom. The lowest BCUT2D eigenvalue weighted by Crippen LogP contribution is -2.00. The molecule has 0 rings (SSSR count). The molecule has 0 heterocycles. The van der Waals surface area contributed by atoms with Crippen LogP contribution in [-0.2, 0) is 4.79 Å². The molecule has 0 bridgehead atoms. The molecule has 0 saturated carbocycles. The van der Waals surface area contributed by atoms with Gasteiger partial charge in [-0.2, -0.15) is 0 Å². The van der Waals surface area contributed by atoms with Crippen LogP contribution in [0.5, 0.6) is 0 Å². The van der Waals surface area contributed by atoms with Crippen LogP contribution in [0, 0.1) is 5.92 Å². The van der Waals surface area contributed by atoms with Gasteiger partial charge in [-0.05, 0) is 18.8 Å². The van der Waals surface area contributed by atoms with E-state index in [1.165, 1.54) is 12.8 Å². The fourth-order valence-electron chi connectivity index (χ4n) is 1.24. The summed E-state index contributed by atoms with van der Waals surface area (Å²) in [5, 5.41) is 8.37. The molecule has 0 aromatic carbocycles. The number of carboxylic acid groups (broad SMARTS) is 1. The van der Waals surface area contributed by atoms with Gasteiger partial charge in [-0.1, -0.05) is 26.7 Å². The second-order valence-corrected chi connectivity index (χ2v) is 2.97. The lowest BCUT2D eigenvalue weighted by molar-refractivity contribution is -0.137. The quantitative estimate of drug-likeness (QED) is 0.645. The zero-order valence-electron chi connectivity index (χ0n) is 7.47. The van der Waals surface area contributed by atoms with Gasteiger partial charge in [-0.15, -0.1) is 0 Å². The van der Waals surface area contributed by atoms with Crippen molar-refractivity contribution in [1.82, 2.24) is 0 Å². The summed E-state index contributed by atoms with van der Waals surface area (Å²) in [5.41, 5.74) is 0. The highest BCUT2D eigenvalue weighted by atomic mass is 16.4. The molecule has 0 amide bonds. The topological polar surface area (TPSA) is 37.3 Å². The average Bonchev–Trinajstić information content (AvgIpc) is 1.98. The van der Waals surface area contributed by atoms with E-state index >= 15 is 0 Å². The molecule has 2 nitrogen and oxygen atoms in total. The van der Waals surface area contributed by atoms with Crippen LogP contribution in [0.25, 0.3) is 0 Å². The summed E-state index contributed by atoms with van der Waals surface area (Å²) in [7, 11) is 0. The van der Waals surface area contributed by atoms with Gasteiger partial charge in [0.25, 0.3) is 0 Å². The normalized spacial score (nSPS) is 10.5. The van der Waals surface area contributed by atoms with Crippen LogP contribution >= 0.6 is 0 Å². The molecule has 2 heteroatoms. The van der Waals surface area contributed by atoms with Gasteiger partial charge in [-0.25, -0.2) is 0 Å². The van der Waals surface area contributed by atoms with Crippen LogP contribution in [-0.4, -0.2) is 11.1 Å². The average molecular weight is 158 g/mol. The highest BCUT2D eigenvalue weighted by Crippen LogP contribution is 2.15. The largest absolute Gasteiger partial charge is 0.481 e. The van der Waals surface area contributed by atoms with E-state index < -0.39 is 5.97 Å². The third-order valence-corrected chi connectivity index (χ3v) is 2.16. The number of rotatable bonds is 6. The van der Waals surface area contributed by atoms with Crippen molar-refractivity contribution in [2.45, 2.75) is 46.0 Å². The van der Waals surface area contributed by atoms with Crippen molar-refractivity contribution in [3.05, 3.63) is 0 Å². The minimum Gasteiger partial charge on any atom is -0.481 e. The number of carbonyl (C=O) groups is 1. The Kier molecular flexibility index (Phi) is 5.90. The van der Waals surface area contributed by atoms with Crippen molar-refractivity contribution in [3.63, 3.8) is 0 Å². The van der Waals surface area contributed by atoms with E-state index in [-0.39, 0.29) is 0 Å². The standard InChI is InChI=1S/C9H18O2/c1-3-8(4-2)6-5-7-9(10)11/h8H,3-7H2,1-2H3,(H,10,11). The second-order valence-electron chi connectivity index (χ2n) is 2.97. The molecule has 0 fully saturated rings. The minimum atomic E-state index is -0.670. The van der Waals surface area contributed by atoms with Crippen LogP contribution in [0.1, 0.15) is 46.0 Å². The molecule has 0 aliphatic rings. The van der Waals surface area contributed by atoms with E-state index in [2.05, 4.69) is 13.8 Å². The first-order chi connectivity index (χ1) is 5.20. The molecular formula is C9H18O2. The van der Waals surface area contributed by atoms with Gasteiger partial charge in [0, 0.05) is 6.42 Å². The maximum absolute atomic E-state index is 10.2. The van der Waals surface area contributed by atoms with Gasteiger partial charge in [-0.3, -0.25) is 4.79 Å². The highest BCUT2D eigenvalue weighted by Gasteiger charge is 2.04. The Labute approximate surface area is 68.6 Å². The van der Waals surface area contributed by atoms with Crippen LogP contribution < -0.4 is 0 Å². The summed E-state index contributed by atoms with van der Waals surface area (Å²) >= 11 is 0. The van der Waals surface area contributed by atoms with E-state index in [1.807, 2.05) is 0 Å². The van der Waals surface area contributed by atoms with Crippen molar-refractivity contribution in [3.8, 4) is 0 Å². The van der Waals surface area contributed by atoms with Crippen LogP contribution in [0.15, 0.2) is 0 Å². The van der Waals surface area contributed by atoms with Gasteiger partial charge in [0.2, 0.25) is 0 Å². The first-order valence-corrected chi connectivity index (χ1v) is 4.42. The van der Waals surface area contributed by atoms with Crippen molar-refractivity contribution in [1.29, 1.82) is 0 Å².